The topological polar surface area (TPSA) is 67.8 Å². The van der Waals surface area contributed by atoms with Crippen molar-refractivity contribution in [3.63, 3.8) is 0 Å². The Bertz CT molecular complexity index is 1230. The van der Waals surface area contributed by atoms with Crippen LogP contribution in [0.25, 0.3) is 10.8 Å². The van der Waals surface area contributed by atoms with Gasteiger partial charge in [0, 0.05) is 0 Å². The summed E-state index contributed by atoms with van der Waals surface area (Å²) in [5.41, 5.74) is 4.86. The Morgan fingerprint density at radius 3 is 2.53 bits per heavy atom. The number of nitrogens with zero attached hydrogens (tertiary/aromatic N) is 1. The highest BCUT2D eigenvalue weighted by Gasteiger charge is 2.12. The van der Waals surface area contributed by atoms with Crippen LogP contribution in [-0.4, -0.2) is 18.1 Å². The second-order valence-corrected chi connectivity index (χ2v) is 7.56. The van der Waals surface area contributed by atoms with E-state index in [0.29, 0.717) is 16.2 Å². The van der Waals surface area contributed by atoms with Crippen LogP contribution in [0.1, 0.15) is 31.2 Å². The molecule has 0 aliphatic heterocycles. The van der Waals surface area contributed by atoms with E-state index >= 15 is 0 Å². The summed E-state index contributed by atoms with van der Waals surface area (Å²) in [5, 5.41) is 7.79. The fourth-order valence-electron chi connectivity index (χ4n) is 3.08. The molecule has 1 N–H and O–H groups in total. The first-order chi connectivity index (χ1) is 14.6. The summed E-state index contributed by atoms with van der Waals surface area (Å²) in [4.78, 5) is 25.2. The van der Waals surface area contributed by atoms with E-state index in [1.54, 1.807) is 42.6 Å². The zero-order chi connectivity index (χ0) is 20.9. The largest absolute Gasteiger partial charge is 0.422 e. The van der Waals surface area contributed by atoms with Gasteiger partial charge in [-0.2, -0.15) is 5.10 Å². The number of benzene rings is 3. The average Bonchev–Trinajstić information content (AvgIpc) is 3.30. The molecule has 0 unspecified atom stereocenters. The molecule has 6 heteroatoms. The van der Waals surface area contributed by atoms with Crippen molar-refractivity contribution >= 4 is 40.2 Å². The van der Waals surface area contributed by atoms with Crippen LogP contribution in [0.15, 0.2) is 83.3 Å². The Morgan fingerprint density at radius 1 is 0.967 bits per heavy atom. The van der Waals surface area contributed by atoms with Gasteiger partial charge in [-0.3, -0.25) is 4.79 Å². The summed E-state index contributed by atoms with van der Waals surface area (Å²) in [6, 6.07) is 22.1. The van der Waals surface area contributed by atoms with Gasteiger partial charge in [0.05, 0.1) is 11.8 Å². The molecule has 30 heavy (non-hydrogen) atoms. The van der Waals surface area contributed by atoms with Crippen LogP contribution in [0.3, 0.4) is 0 Å². The molecule has 0 saturated carbocycles. The number of thiophene rings is 1. The van der Waals surface area contributed by atoms with Gasteiger partial charge in [0.2, 0.25) is 0 Å². The minimum Gasteiger partial charge on any atom is -0.422 e. The van der Waals surface area contributed by atoms with Gasteiger partial charge in [0.15, 0.2) is 0 Å². The highest BCUT2D eigenvalue weighted by Crippen LogP contribution is 2.22. The Balaban J connectivity index is 1.42. The Kier molecular flexibility index (Phi) is 5.68. The van der Waals surface area contributed by atoms with Crippen molar-refractivity contribution in [3.05, 3.63) is 99.7 Å². The molecule has 1 amide bonds. The van der Waals surface area contributed by atoms with E-state index in [9.17, 15) is 9.59 Å². The van der Waals surface area contributed by atoms with Crippen LogP contribution in [0.5, 0.6) is 5.75 Å². The number of hydrogen-bond acceptors (Lipinski definition) is 5. The molecule has 1 heterocycles. The summed E-state index contributed by atoms with van der Waals surface area (Å²) < 4.78 is 5.33. The molecular formula is C24H18N2O3S. The van der Waals surface area contributed by atoms with Crippen LogP contribution in [0.4, 0.5) is 0 Å². The Labute approximate surface area is 177 Å². The first-order valence-corrected chi connectivity index (χ1v) is 10.2. The molecule has 1 aromatic heterocycles. The predicted octanol–water partition coefficient (Wildman–Crippen LogP) is 5.19. The van der Waals surface area contributed by atoms with Crippen LogP contribution in [-0.2, 0) is 0 Å². The van der Waals surface area contributed by atoms with Crippen molar-refractivity contribution in [1.29, 1.82) is 0 Å². The van der Waals surface area contributed by atoms with E-state index in [2.05, 4.69) is 10.5 Å². The molecule has 5 nitrogen and oxygen atoms in total. The number of aryl methyl sites for hydroxylation is 1. The van der Waals surface area contributed by atoms with Gasteiger partial charge in [0.25, 0.3) is 5.91 Å². The first-order valence-electron chi connectivity index (χ1n) is 9.29. The number of rotatable bonds is 5. The summed E-state index contributed by atoms with van der Waals surface area (Å²) in [6.45, 7) is 1.90. The Morgan fingerprint density at radius 2 is 1.77 bits per heavy atom. The predicted molar refractivity (Wildman–Crippen MR) is 119 cm³/mol. The van der Waals surface area contributed by atoms with Gasteiger partial charge in [0.1, 0.15) is 10.6 Å². The normalized spacial score (nSPS) is 11.0. The van der Waals surface area contributed by atoms with Crippen molar-refractivity contribution < 1.29 is 14.3 Å². The number of fused-ring (bicyclic) bond motifs is 1. The smallest absolute Gasteiger partial charge is 0.353 e. The maximum Gasteiger partial charge on any atom is 0.353 e. The van der Waals surface area contributed by atoms with Gasteiger partial charge < -0.3 is 4.74 Å². The van der Waals surface area contributed by atoms with E-state index in [1.807, 2.05) is 48.7 Å². The van der Waals surface area contributed by atoms with E-state index in [1.165, 1.54) is 11.3 Å². The van der Waals surface area contributed by atoms with Crippen LogP contribution >= 0.6 is 11.3 Å². The number of hydrogen-bond donors (Lipinski definition) is 1. The maximum absolute atomic E-state index is 12.7. The molecule has 0 atom stereocenters. The number of carbonyl (C=O) groups excluding carboxylic acids is 2. The molecule has 0 aliphatic carbocycles. The number of nitrogens with one attached hydrogen (secondary N) is 1. The van der Waals surface area contributed by atoms with Crippen molar-refractivity contribution in [2.75, 3.05) is 0 Å². The highest BCUT2D eigenvalue weighted by atomic mass is 32.1. The molecule has 0 radical (unpaired) electrons. The molecule has 0 aliphatic rings. The number of ether oxygens (including phenoxy) is 1. The molecule has 3 aromatic carbocycles. The molecular weight excluding hydrogens is 396 g/mol. The number of carbonyl (C=O) groups is 2. The first kappa shape index (κ1) is 19.5. The molecule has 0 fully saturated rings. The number of amides is 1. The SMILES string of the molecule is Cc1ccc2ccccc2c1C(=O)N/N=C\c1ccc(OC(=O)c2cccs2)cc1. The molecule has 4 rings (SSSR count). The minimum absolute atomic E-state index is 0.262. The summed E-state index contributed by atoms with van der Waals surface area (Å²) in [7, 11) is 0. The van der Waals surface area contributed by atoms with E-state index in [0.717, 1.165) is 21.9 Å². The van der Waals surface area contributed by atoms with Gasteiger partial charge in [-0.25, -0.2) is 10.2 Å². The lowest BCUT2D eigenvalue weighted by atomic mass is 9.99. The fraction of sp³-hybridized carbons (Fsp3) is 0.0417. The van der Waals surface area contributed by atoms with Gasteiger partial charge in [-0.15, -0.1) is 11.3 Å². The van der Waals surface area contributed by atoms with Crippen molar-refractivity contribution in [2.45, 2.75) is 6.92 Å². The second kappa shape index (κ2) is 8.71. The monoisotopic (exact) mass is 414 g/mol. The molecule has 0 bridgehead atoms. The maximum atomic E-state index is 12.7. The third-order valence-electron chi connectivity index (χ3n) is 4.56. The van der Waals surface area contributed by atoms with Gasteiger partial charge >= 0.3 is 5.97 Å². The summed E-state index contributed by atoms with van der Waals surface area (Å²) >= 11 is 1.33. The lowest BCUT2D eigenvalue weighted by Crippen LogP contribution is -2.19. The summed E-state index contributed by atoms with van der Waals surface area (Å²) in [6.07, 6.45) is 1.54. The number of esters is 1. The Hall–Kier alpha value is -3.77. The third-order valence-corrected chi connectivity index (χ3v) is 5.41. The zero-order valence-corrected chi connectivity index (χ0v) is 17.0. The molecule has 0 spiro atoms. The lowest BCUT2D eigenvalue weighted by Gasteiger charge is -2.08. The third kappa shape index (κ3) is 4.29. The molecule has 0 saturated heterocycles. The van der Waals surface area contributed by atoms with Crippen molar-refractivity contribution in [2.24, 2.45) is 5.10 Å². The van der Waals surface area contributed by atoms with Crippen molar-refractivity contribution in [3.8, 4) is 5.75 Å². The zero-order valence-electron chi connectivity index (χ0n) is 16.2. The standard InChI is InChI=1S/C24H18N2O3S/c1-16-8-11-18-5-2-3-6-20(18)22(16)23(27)26-25-15-17-9-12-19(13-10-17)29-24(28)21-7-4-14-30-21/h2-15H,1H3,(H,26,27)/b25-15-. The summed E-state index contributed by atoms with van der Waals surface area (Å²) in [5.74, 6) is -0.202. The quantitative estimate of drug-likeness (QED) is 0.211. The van der Waals surface area contributed by atoms with Crippen LogP contribution < -0.4 is 10.2 Å². The van der Waals surface area contributed by atoms with E-state index in [4.69, 9.17) is 4.74 Å². The van der Waals surface area contributed by atoms with Gasteiger partial charge in [-0.1, -0.05) is 42.5 Å². The molecule has 148 valence electrons. The lowest BCUT2D eigenvalue weighted by molar-refractivity contribution is 0.0739. The van der Waals surface area contributed by atoms with Gasteiger partial charge in [-0.05, 0) is 64.5 Å². The second-order valence-electron chi connectivity index (χ2n) is 6.61. The molecule has 4 aromatic rings. The van der Waals surface area contributed by atoms with Crippen molar-refractivity contribution in [1.82, 2.24) is 5.43 Å². The van der Waals surface area contributed by atoms with E-state index < -0.39 is 0 Å². The average molecular weight is 414 g/mol. The van der Waals surface area contributed by atoms with Crippen LogP contribution in [0, 0.1) is 6.92 Å². The fourth-order valence-corrected chi connectivity index (χ4v) is 3.68. The number of hydrazone groups is 1. The van der Waals surface area contributed by atoms with E-state index in [-0.39, 0.29) is 11.9 Å². The van der Waals surface area contributed by atoms with Crippen LogP contribution in [0.2, 0.25) is 0 Å². The minimum atomic E-state index is -0.385. The highest BCUT2D eigenvalue weighted by molar-refractivity contribution is 7.12.